The molecular formula is C12H21NS2. The van der Waals surface area contributed by atoms with Gasteiger partial charge in [0.15, 0.2) is 0 Å². The van der Waals surface area contributed by atoms with Crippen molar-refractivity contribution < 1.29 is 0 Å². The molecule has 0 saturated heterocycles. The van der Waals surface area contributed by atoms with Crippen molar-refractivity contribution in [2.75, 3.05) is 12.0 Å². The molecule has 1 rings (SSSR count). The first-order chi connectivity index (χ1) is 7.19. The monoisotopic (exact) mass is 243 g/mol. The van der Waals surface area contributed by atoms with Gasteiger partial charge in [-0.1, -0.05) is 6.92 Å². The molecule has 0 aliphatic carbocycles. The summed E-state index contributed by atoms with van der Waals surface area (Å²) >= 11 is 3.78. The molecule has 0 aromatic carbocycles. The molecule has 0 saturated carbocycles. The molecule has 0 fully saturated rings. The van der Waals surface area contributed by atoms with Crippen LogP contribution < -0.4 is 5.32 Å². The summed E-state index contributed by atoms with van der Waals surface area (Å²) in [6, 6.07) is 3.33. The van der Waals surface area contributed by atoms with E-state index in [1.165, 1.54) is 22.6 Å². The molecule has 1 heterocycles. The molecule has 1 aromatic rings. The fraction of sp³-hybridized carbons (Fsp3) is 0.667. The predicted octanol–water partition coefficient (Wildman–Crippen LogP) is 3.85. The average Bonchev–Trinajstić information content (AvgIpc) is 2.63. The Kier molecular flexibility index (Phi) is 5.72. The van der Waals surface area contributed by atoms with Crippen LogP contribution in [0.1, 0.15) is 36.8 Å². The molecule has 0 aliphatic heterocycles. The van der Waals surface area contributed by atoms with E-state index >= 15 is 0 Å². The van der Waals surface area contributed by atoms with Gasteiger partial charge in [-0.15, -0.1) is 11.3 Å². The molecule has 2 unspecified atom stereocenters. The van der Waals surface area contributed by atoms with E-state index in [0.717, 1.165) is 0 Å². The highest BCUT2D eigenvalue weighted by molar-refractivity contribution is 7.98. The van der Waals surface area contributed by atoms with Gasteiger partial charge < -0.3 is 5.32 Å². The van der Waals surface area contributed by atoms with Crippen LogP contribution >= 0.6 is 23.1 Å². The molecule has 0 bridgehead atoms. The maximum absolute atomic E-state index is 3.70. The zero-order chi connectivity index (χ0) is 11.3. The summed E-state index contributed by atoms with van der Waals surface area (Å²) < 4.78 is 0. The number of hydrogen-bond donors (Lipinski definition) is 1. The second-order valence-corrected chi connectivity index (χ2v) is 5.78. The van der Waals surface area contributed by atoms with E-state index in [0.29, 0.717) is 12.1 Å². The van der Waals surface area contributed by atoms with Gasteiger partial charge in [-0.2, -0.15) is 11.8 Å². The summed E-state index contributed by atoms with van der Waals surface area (Å²) in [5, 5.41) is 5.88. The Morgan fingerprint density at radius 3 is 2.73 bits per heavy atom. The van der Waals surface area contributed by atoms with Gasteiger partial charge >= 0.3 is 0 Å². The summed E-state index contributed by atoms with van der Waals surface area (Å²) in [5.74, 6) is 1.20. The summed E-state index contributed by atoms with van der Waals surface area (Å²) in [6.07, 6.45) is 3.38. The van der Waals surface area contributed by atoms with Crippen molar-refractivity contribution >= 4 is 23.1 Å². The molecule has 2 atom stereocenters. The number of hydrogen-bond acceptors (Lipinski definition) is 3. The van der Waals surface area contributed by atoms with Gasteiger partial charge in [0.05, 0.1) is 0 Å². The lowest BCUT2D eigenvalue weighted by atomic mass is 10.1. The average molecular weight is 243 g/mol. The lowest BCUT2D eigenvalue weighted by Crippen LogP contribution is -2.32. The molecule has 15 heavy (non-hydrogen) atoms. The summed E-state index contributed by atoms with van der Waals surface area (Å²) in [6.45, 7) is 6.71. The summed E-state index contributed by atoms with van der Waals surface area (Å²) in [4.78, 5) is 1.48. The van der Waals surface area contributed by atoms with Gasteiger partial charge in [0.25, 0.3) is 0 Å². The van der Waals surface area contributed by atoms with E-state index in [2.05, 4.69) is 43.8 Å². The number of thiophene rings is 1. The molecule has 1 nitrogen and oxygen atoms in total. The van der Waals surface area contributed by atoms with Crippen LogP contribution in [-0.4, -0.2) is 18.1 Å². The van der Waals surface area contributed by atoms with Crippen molar-refractivity contribution in [1.29, 1.82) is 0 Å². The normalized spacial score (nSPS) is 15.2. The molecule has 0 radical (unpaired) electrons. The molecule has 0 aliphatic rings. The Hall–Kier alpha value is 0.0100. The van der Waals surface area contributed by atoms with Crippen LogP contribution in [0.4, 0.5) is 0 Å². The smallest absolute Gasteiger partial charge is 0.0391 e. The minimum atomic E-state index is 0.488. The van der Waals surface area contributed by atoms with Gasteiger partial charge in [0.2, 0.25) is 0 Å². The first kappa shape index (κ1) is 13.1. The van der Waals surface area contributed by atoms with Crippen molar-refractivity contribution in [2.45, 2.75) is 39.3 Å². The minimum Gasteiger partial charge on any atom is -0.306 e. The van der Waals surface area contributed by atoms with Crippen LogP contribution in [0.25, 0.3) is 0 Å². The zero-order valence-corrected chi connectivity index (χ0v) is 11.7. The molecular weight excluding hydrogens is 222 g/mol. The topological polar surface area (TPSA) is 12.0 Å². The molecule has 0 amide bonds. The quantitative estimate of drug-likeness (QED) is 0.814. The molecule has 3 heteroatoms. The van der Waals surface area contributed by atoms with Crippen molar-refractivity contribution in [3.63, 3.8) is 0 Å². The lowest BCUT2D eigenvalue weighted by molar-refractivity contribution is 0.478. The summed E-state index contributed by atoms with van der Waals surface area (Å²) in [7, 11) is 0. The number of thioether (sulfide) groups is 1. The summed E-state index contributed by atoms with van der Waals surface area (Å²) in [5.41, 5.74) is 1.42. The Balaban J connectivity index is 2.54. The fourth-order valence-corrected chi connectivity index (χ4v) is 3.42. The van der Waals surface area contributed by atoms with Gasteiger partial charge in [-0.25, -0.2) is 0 Å². The third-order valence-electron chi connectivity index (χ3n) is 2.64. The highest BCUT2D eigenvalue weighted by Crippen LogP contribution is 2.24. The number of nitrogens with one attached hydrogen (secondary N) is 1. The van der Waals surface area contributed by atoms with E-state index in [1.807, 2.05) is 23.1 Å². The standard InChI is InChI=1S/C12H21NS2/c1-5-11(8-14-4)13-10(3)12-9(2)6-7-15-12/h6-7,10-11,13H,5,8H2,1-4H3. The van der Waals surface area contributed by atoms with E-state index in [4.69, 9.17) is 0 Å². The van der Waals surface area contributed by atoms with E-state index in [9.17, 15) is 0 Å². The molecule has 0 spiro atoms. The predicted molar refractivity (Wildman–Crippen MR) is 73.1 cm³/mol. The van der Waals surface area contributed by atoms with Gasteiger partial charge in [0.1, 0.15) is 0 Å². The van der Waals surface area contributed by atoms with Crippen LogP contribution in [0.5, 0.6) is 0 Å². The Labute approximate surface area is 102 Å². The van der Waals surface area contributed by atoms with Crippen LogP contribution in [0.3, 0.4) is 0 Å². The Bertz CT molecular complexity index is 283. The highest BCUT2D eigenvalue weighted by Gasteiger charge is 2.13. The van der Waals surface area contributed by atoms with E-state index < -0.39 is 0 Å². The zero-order valence-electron chi connectivity index (χ0n) is 10.0. The molecule has 1 aromatic heterocycles. The third kappa shape index (κ3) is 3.82. The second kappa shape index (κ2) is 6.56. The van der Waals surface area contributed by atoms with E-state index in [1.54, 1.807) is 0 Å². The maximum atomic E-state index is 3.70. The van der Waals surface area contributed by atoms with Crippen LogP contribution in [0, 0.1) is 6.92 Å². The molecule has 86 valence electrons. The minimum absolute atomic E-state index is 0.488. The van der Waals surface area contributed by atoms with Crippen LogP contribution in [0.2, 0.25) is 0 Å². The highest BCUT2D eigenvalue weighted by atomic mass is 32.2. The van der Waals surface area contributed by atoms with Crippen molar-refractivity contribution in [3.8, 4) is 0 Å². The van der Waals surface area contributed by atoms with E-state index in [-0.39, 0.29) is 0 Å². The Morgan fingerprint density at radius 1 is 1.53 bits per heavy atom. The van der Waals surface area contributed by atoms with Gasteiger partial charge in [0, 0.05) is 22.7 Å². The first-order valence-electron chi connectivity index (χ1n) is 5.48. The van der Waals surface area contributed by atoms with Crippen molar-refractivity contribution in [1.82, 2.24) is 5.32 Å². The second-order valence-electron chi connectivity index (χ2n) is 3.92. The fourth-order valence-electron chi connectivity index (χ4n) is 1.74. The van der Waals surface area contributed by atoms with Crippen LogP contribution in [0.15, 0.2) is 11.4 Å². The molecule has 1 N–H and O–H groups in total. The van der Waals surface area contributed by atoms with Gasteiger partial charge in [-0.3, -0.25) is 0 Å². The largest absolute Gasteiger partial charge is 0.306 e. The van der Waals surface area contributed by atoms with Gasteiger partial charge in [-0.05, 0) is 43.5 Å². The van der Waals surface area contributed by atoms with Crippen LogP contribution in [-0.2, 0) is 0 Å². The number of aryl methyl sites for hydroxylation is 1. The van der Waals surface area contributed by atoms with Crippen molar-refractivity contribution in [2.24, 2.45) is 0 Å². The number of rotatable bonds is 6. The maximum Gasteiger partial charge on any atom is 0.0391 e. The third-order valence-corrected chi connectivity index (χ3v) is 4.58. The first-order valence-corrected chi connectivity index (χ1v) is 7.75. The Morgan fingerprint density at radius 2 is 2.27 bits per heavy atom. The lowest BCUT2D eigenvalue weighted by Gasteiger charge is -2.21. The SMILES string of the molecule is CCC(CSC)NC(C)c1sccc1C. The van der Waals surface area contributed by atoms with Crippen molar-refractivity contribution in [3.05, 3.63) is 21.9 Å².